The number of halogens is 1. The van der Waals surface area contributed by atoms with E-state index in [0.717, 1.165) is 24.0 Å². The lowest BCUT2D eigenvalue weighted by Gasteiger charge is -2.24. The molecule has 116 valence electrons. The Labute approximate surface area is 129 Å². The molecular weight excluding hydrogens is 303 g/mol. The number of nitrogens with zero attached hydrogens (tertiary/aromatic N) is 2. The van der Waals surface area contributed by atoms with E-state index in [1.165, 1.54) is 16.4 Å². The summed E-state index contributed by atoms with van der Waals surface area (Å²) in [6, 6.07) is 7.54. The minimum atomic E-state index is -3.85. The van der Waals surface area contributed by atoms with Crippen molar-refractivity contribution in [3.05, 3.63) is 59.7 Å². The van der Waals surface area contributed by atoms with Crippen molar-refractivity contribution in [1.29, 1.82) is 0 Å². The molecule has 1 atom stereocenters. The van der Waals surface area contributed by atoms with Gasteiger partial charge >= 0.3 is 0 Å². The van der Waals surface area contributed by atoms with Crippen LogP contribution in [0.3, 0.4) is 0 Å². The maximum absolute atomic E-state index is 14.0. The lowest BCUT2D eigenvalue weighted by atomic mass is 10.1. The van der Waals surface area contributed by atoms with Gasteiger partial charge in [-0.3, -0.25) is 4.98 Å². The molecule has 1 fully saturated rings. The second-order valence-electron chi connectivity index (χ2n) is 5.49. The molecule has 0 spiro atoms. The highest BCUT2D eigenvalue weighted by Crippen LogP contribution is 2.36. The van der Waals surface area contributed by atoms with E-state index in [1.54, 1.807) is 25.4 Å². The van der Waals surface area contributed by atoms with Crippen LogP contribution >= 0.6 is 0 Å². The Bertz CT molecular complexity index is 778. The number of rotatable bonds is 3. The van der Waals surface area contributed by atoms with E-state index >= 15 is 0 Å². The predicted molar refractivity (Wildman–Crippen MR) is 81.2 cm³/mol. The summed E-state index contributed by atoms with van der Waals surface area (Å²) in [6.07, 6.45) is 4.79. The van der Waals surface area contributed by atoms with Crippen molar-refractivity contribution in [2.24, 2.45) is 0 Å². The Hall–Kier alpha value is -1.79. The average Bonchev–Trinajstić information content (AvgIpc) is 3.01. The van der Waals surface area contributed by atoms with Crippen molar-refractivity contribution >= 4 is 10.0 Å². The fourth-order valence-corrected chi connectivity index (χ4v) is 4.71. The van der Waals surface area contributed by atoms with Crippen molar-refractivity contribution in [2.45, 2.75) is 30.7 Å². The monoisotopic (exact) mass is 320 g/mol. The molecule has 6 heteroatoms. The fraction of sp³-hybridized carbons (Fsp3) is 0.312. The smallest absolute Gasteiger partial charge is 0.246 e. The van der Waals surface area contributed by atoms with Gasteiger partial charge in [0.15, 0.2) is 0 Å². The van der Waals surface area contributed by atoms with E-state index in [1.807, 2.05) is 12.1 Å². The van der Waals surface area contributed by atoms with Crippen LogP contribution in [0.15, 0.2) is 47.6 Å². The Kier molecular flexibility index (Phi) is 3.97. The Morgan fingerprint density at radius 1 is 1.23 bits per heavy atom. The molecule has 0 aliphatic carbocycles. The molecule has 1 aromatic heterocycles. The van der Waals surface area contributed by atoms with Crippen LogP contribution in [0.5, 0.6) is 0 Å². The first kappa shape index (κ1) is 15.1. The summed E-state index contributed by atoms with van der Waals surface area (Å²) in [6.45, 7) is 2.16. The zero-order chi connectivity index (χ0) is 15.7. The molecule has 3 rings (SSSR count). The highest BCUT2D eigenvalue weighted by atomic mass is 32.2. The lowest BCUT2D eigenvalue weighted by molar-refractivity contribution is 0.393. The quantitative estimate of drug-likeness (QED) is 0.873. The molecule has 0 bridgehead atoms. The van der Waals surface area contributed by atoms with E-state index < -0.39 is 15.8 Å². The van der Waals surface area contributed by atoms with Crippen LogP contribution < -0.4 is 0 Å². The molecule has 0 N–H and O–H groups in total. The van der Waals surface area contributed by atoms with E-state index in [0.29, 0.717) is 6.54 Å². The summed E-state index contributed by atoms with van der Waals surface area (Å²) in [4.78, 5) is 3.72. The molecule has 0 unspecified atom stereocenters. The zero-order valence-corrected chi connectivity index (χ0v) is 13.1. The van der Waals surface area contributed by atoms with Crippen molar-refractivity contribution in [1.82, 2.24) is 9.29 Å². The van der Waals surface area contributed by atoms with Gasteiger partial charge in [0, 0.05) is 18.9 Å². The third-order valence-corrected chi connectivity index (χ3v) is 5.89. The van der Waals surface area contributed by atoms with E-state index in [-0.39, 0.29) is 10.9 Å². The van der Waals surface area contributed by atoms with Gasteiger partial charge in [-0.15, -0.1) is 0 Å². The van der Waals surface area contributed by atoms with Gasteiger partial charge in [-0.1, -0.05) is 6.07 Å². The normalized spacial score (nSPS) is 19.5. The molecule has 1 aromatic carbocycles. The lowest BCUT2D eigenvalue weighted by Crippen LogP contribution is -2.31. The molecule has 22 heavy (non-hydrogen) atoms. The zero-order valence-electron chi connectivity index (χ0n) is 12.2. The van der Waals surface area contributed by atoms with E-state index in [9.17, 15) is 12.8 Å². The Morgan fingerprint density at radius 2 is 1.95 bits per heavy atom. The number of hydrogen-bond donors (Lipinski definition) is 0. The first-order chi connectivity index (χ1) is 10.5. The molecule has 1 aliphatic rings. The summed E-state index contributed by atoms with van der Waals surface area (Å²) in [7, 11) is -3.85. The van der Waals surface area contributed by atoms with Gasteiger partial charge in [0.05, 0.1) is 6.04 Å². The molecule has 4 nitrogen and oxygen atoms in total. The minimum absolute atomic E-state index is 0.242. The number of hydrogen-bond acceptors (Lipinski definition) is 3. The standard InChI is InChI=1S/C16H17FN2O2S/c1-12-4-5-14(17)16(11-12)22(20,21)19-10-2-3-15(19)13-6-8-18-9-7-13/h4-9,11,15H,2-3,10H2,1H3/t15-/m1/s1. The number of sulfonamides is 1. The molecule has 2 aromatic rings. The van der Waals surface area contributed by atoms with Gasteiger partial charge < -0.3 is 0 Å². The minimum Gasteiger partial charge on any atom is -0.265 e. The summed E-state index contributed by atoms with van der Waals surface area (Å²) in [5.41, 5.74) is 1.61. The Morgan fingerprint density at radius 3 is 2.68 bits per heavy atom. The molecule has 2 heterocycles. The molecular formula is C16H17FN2O2S. The third-order valence-electron chi connectivity index (χ3n) is 3.97. The largest absolute Gasteiger partial charge is 0.265 e. The topological polar surface area (TPSA) is 50.3 Å². The third kappa shape index (κ3) is 2.64. The highest BCUT2D eigenvalue weighted by Gasteiger charge is 2.37. The molecule has 1 saturated heterocycles. The van der Waals surface area contributed by atoms with Crippen molar-refractivity contribution in [3.63, 3.8) is 0 Å². The van der Waals surface area contributed by atoms with Gasteiger partial charge in [0.2, 0.25) is 10.0 Å². The summed E-state index contributed by atoms with van der Waals surface area (Å²) in [5, 5.41) is 0. The van der Waals surface area contributed by atoms with Crippen molar-refractivity contribution < 1.29 is 12.8 Å². The second-order valence-corrected chi connectivity index (χ2v) is 7.35. The van der Waals surface area contributed by atoms with Gasteiger partial charge in [-0.25, -0.2) is 12.8 Å². The summed E-state index contributed by atoms with van der Waals surface area (Å²) >= 11 is 0. The maximum atomic E-state index is 14.0. The van der Waals surface area contributed by atoms with Crippen LogP contribution in [0, 0.1) is 12.7 Å². The molecule has 0 radical (unpaired) electrons. The van der Waals surface area contributed by atoms with Crippen molar-refractivity contribution in [2.75, 3.05) is 6.54 Å². The molecule has 0 saturated carbocycles. The number of aromatic nitrogens is 1. The van der Waals surface area contributed by atoms with Gasteiger partial charge in [0.25, 0.3) is 0 Å². The average molecular weight is 320 g/mol. The van der Waals surface area contributed by atoms with Crippen LogP contribution in [0.25, 0.3) is 0 Å². The number of pyridine rings is 1. The van der Waals surface area contributed by atoms with Crippen LogP contribution in [-0.4, -0.2) is 24.3 Å². The maximum Gasteiger partial charge on any atom is 0.246 e. The predicted octanol–water partition coefficient (Wildman–Crippen LogP) is 3.05. The molecule has 1 aliphatic heterocycles. The first-order valence-electron chi connectivity index (χ1n) is 7.18. The van der Waals surface area contributed by atoms with Crippen LogP contribution in [0.2, 0.25) is 0 Å². The van der Waals surface area contributed by atoms with Gasteiger partial charge in [0.1, 0.15) is 10.7 Å². The number of aryl methyl sites for hydroxylation is 1. The van der Waals surface area contributed by atoms with Crippen LogP contribution in [0.4, 0.5) is 4.39 Å². The molecule has 0 amide bonds. The Balaban J connectivity index is 2.03. The van der Waals surface area contributed by atoms with Crippen LogP contribution in [0.1, 0.15) is 30.0 Å². The summed E-state index contributed by atoms with van der Waals surface area (Å²) < 4.78 is 41.2. The van der Waals surface area contributed by atoms with E-state index in [2.05, 4.69) is 4.98 Å². The highest BCUT2D eigenvalue weighted by molar-refractivity contribution is 7.89. The summed E-state index contributed by atoms with van der Waals surface area (Å²) in [5.74, 6) is -0.703. The van der Waals surface area contributed by atoms with E-state index in [4.69, 9.17) is 0 Å². The second kappa shape index (κ2) is 5.78. The van der Waals surface area contributed by atoms with Crippen LogP contribution in [-0.2, 0) is 10.0 Å². The fourth-order valence-electron chi connectivity index (χ4n) is 2.88. The van der Waals surface area contributed by atoms with Gasteiger partial charge in [-0.05, 0) is 55.2 Å². The number of benzene rings is 1. The van der Waals surface area contributed by atoms with Crippen molar-refractivity contribution in [3.8, 4) is 0 Å². The first-order valence-corrected chi connectivity index (χ1v) is 8.62. The van der Waals surface area contributed by atoms with Gasteiger partial charge in [-0.2, -0.15) is 4.31 Å². The SMILES string of the molecule is Cc1ccc(F)c(S(=O)(=O)N2CCC[C@@H]2c2ccncc2)c1.